The molecule has 2 rings (SSSR count). The van der Waals surface area contributed by atoms with Crippen LogP contribution in [0.3, 0.4) is 0 Å². The van der Waals surface area contributed by atoms with Crippen LogP contribution in [0, 0.1) is 6.92 Å². The molecule has 0 heterocycles. The number of carbonyl (C=O) groups is 2. The molecule has 2 aromatic rings. The van der Waals surface area contributed by atoms with Gasteiger partial charge in [0.1, 0.15) is 5.75 Å². The molecule has 0 atom stereocenters. The van der Waals surface area contributed by atoms with Crippen LogP contribution >= 0.6 is 0 Å². The fourth-order valence-corrected chi connectivity index (χ4v) is 2.07. The molecular formula is C19H23N3O3. The number of nitrogens with one attached hydrogen (secondary N) is 2. The Morgan fingerprint density at radius 3 is 2.48 bits per heavy atom. The third-order valence-electron chi connectivity index (χ3n) is 3.53. The van der Waals surface area contributed by atoms with Crippen LogP contribution in [0.4, 0.5) is 10.5 Å². The van der Waals surface area contributed by atoms with Crippen molar-refractivity contribution in [2.24, 2.45) is 0 Å². The summed E-state index contributed by atoms with van der Waals surface area (Å²) in [6.45, 7) is 2.25. The molecule has 0 radical (unpaired) electrons. The molecule has 25 heavy (non-hydrogen) atoms. The minimum Gasteiger partial charge on any atom is -0.482 e. The Hall–Kier alpha value is -3.02. The van der Waals surface area contributed by atoms with Gasteiger partial charge in [0.2, 0.25) is 0 Å². The van der Waals surface area contributed by atoms with E-state index in [1.54, 1.807) is 26.2 Å². The number of anilines is 1. The maximum absolute atomic E-state index is 12.1. The van der Waals surface area contributed by atoms with Gasteiger partial charge in [-0.15, -0.1) is 0 Å². The second-order valence-corrected chi connectivity index (χ2v) is 5.87. The van der Waals surface area contributed by atoms with E-state index >= 15 is 0 Å². The predicted molar refractivity (Wildman–Crippen MR) is 97.7 cm³/mol. The van der Waals surface area contributed by atoms with Gasteiger partial charge in [-0.1, -0.05) is 36.4 Å². The van der Waals surface area contributed by atoms with Crippen LogP contribution in [-0.4, -0.2) is 37.5 Å². The molecule has 0 unspecified atom stereocenters. The van der Waals surface area contributed by atoms with Gasteiger partial charge in [-0.05, 0) is 30.2 Å². The van der Waals surface area contributed by atoms with Gasteiger partial charge in [-0.3, -0.25) is 4.79 Å². The lowest BCUT2D eigenvalue weighted by molar-refractivity contribution is -0.130. The van der Waals surface area contributed by atoms with Gasteiger partial charge >= 0.3 is 6.03 Å². The third kappa shape index (κ3) is 5.84. The van der Waals surface area contributed by atoms with Gasteiger partial charge in [0.25, 0.3) is 5.91 Å². The van der Waals surface area contributed by atoms with Crippen molar-refractivity contribution in [3.63, 3.8) is 0 Å². The first-order valence-corrected chi connectivity index (χ1v) is 7.98. The molecule has 0 saturated heterocycles. The number of rotatable bonds is 6. The van der Waals surface area contributed by atoms with E-state index in [0.29, 0.717) is 18.0 Å². The summed E-state index contributed by atoms with van der Waals surface area (Å²) in [5.41, 5.74) is 2.50. The number of aryl methyl sites for hydroxylation is 1. The number of nitrogens with zero attached hydrogens (tertiary/aromatic N) is 1. The summed E-state index contributed by atoms with van der Waals surface area (Å²) in [7, 11) is 3.33. The Labute approximate surface area is 147 Å². The zero-order chi connectivity index (χ0) is 18.2. The quantitative estimate of drug-likeness (QED) is 0.849. The minimum atomic E-state index is -0.337. The van der Waals surface area contributed by atoms with Crippen molar-refractivity contribution in [1.29, 1.82) is 0 Å². The molecule has 0 saturated carbocycles. The Morgan fingerprint density at radius 2 is 1.80 bits per heavy atom. The van der Waals surface area contributed by atoms with Crippen LogP contribution < -0.4 is 15.4 Å². The van der Waals surface area contributed by atoms with E-state index in [-0.39, 0.29) is 18.5 Å². The molecule has 0 spiro atoms. The van der Waals surface area contributed by atoms with E-state index in [9.17, 15) is 9.59 Å². The van der Waals surface area contributed by atoms with E-state index in [0.717, 1.165) is 11.1 Å². The van der Waals surface area contributed by atoms with E-state index in [4.69, 9.17) is 4.74 Å². The number of amides is 3. The summed E-state index contributed by atoms with van der Waals surface area (Å²) < 4.78 is 5.57. The molecule has 0 aliphatic carbocycles. The number of urea groups is 1. The highest BCUT2D eigenvalue weighted by atomic mass is 16.5. The van der Waals surface area contributed by atoms with Crippen molar-refractivity contribution < 1.29 is 14.3 Å². The second-order valence-electron chi connectivity index (χ2n) is 5.87. The van der Waals surface area contributed by atoms with Gasteiger partial charge in [-0.2, -0.15) is 0 Å². The molecule has 6 nitrogen and oxygen atoms in total. The topological polar surface area (TPSA) is 70.7 Å². The summed E-state index contributed by atoms with van der Waals surface area (Å²) in [5, 5.41) is 5.55. The zero-order valence-electron chi connectivity index (χ0n) is 14.7. The summed E-state index contributed by atoms with van der Waals surface area (Å²) >= 11 is 0. The lowest BCUT2D eigenvalue weighted by Gasteiger charge is -2.15. The van der Waals surface area contributed by atoms with Crippen LogP contribution in [0.25, 0.3) is 0 Å². The average Bonchev–Trinajstić information content (AvgIpc) is 2.60. The number of likely N-dealkylation sites (N-methyl/N-ethyl adjacent to an activating group) is 1. The Morgan fingerprint density at radius 1 is 1.08 bits per heavy atom. The van der Waals surface area contributed by atoms with E-state index in [1.165, 1.54) is 4.90 Å². The van der Waals surface area contributed by atoms with Gasteiger partial charge in [-0.25, -0.2) is 4.79 Å². The van der Waals surface area contributed by atoms with E-state index in [2.05, 4.69) is 10.6 Å². The summed E-state index contributed by atoms with van der Waals surface area (Å²) in [5.74, 6) is 0.311. The van der Waals surface area contributed by atoms with Crippen LogP contribution in [-0.2, 0) is 11.3 Å². The maximum Gasteiger partial charge on any atom is 0.319 e. The molecule has 0 bridgehead atoms. The normalized spacial score (nSPS) is 10.0. The van der Waals surface area contributed by atoms with E-state index in [1.807, 2.05) is 43.3 Å². The van der Waals surface area contributed by atoms with Crippen LogP contribution in [0.15, 0.2) is 48.5 Å². The molecule has 132 valence electrons. The maximum atomic E-state index is 12.1. The first-order chi connectivity index (χ1) is 12.0. The first kappa shape index (κ1) is 18.3. The fourth-order valence-electron chi connectivity index (χ4n) is 2.07. The molecule has 0 aromatic heterocycles. The second kappa shape index (κ2) is 8.73. The zero-order valence-corrected chi connectivity index (χ0v) is 14.7. The lowest BCUT2D eigenvalue weighted by Crippen LogP contribution is -2.29. The number of hydrogen-bond acceptors (Lipinski definition) is 3. The monoisotopic (exact) mass is 341 g/mol. The van der Waals surface area contributed by atoms with Crippen LogP contribution in [0.1, 0.15) is 11.1 Å². The van der Waals surface area contributed by atoms with Crippen molar-refractivity contribution in [1.82, 2.24) is 10.2 Å². The molecule has 6 heteroatoms. The molecule has 0 fully saturated rings. The minimum absolute atomic E-state index is 0.0865. The highest BCUT2D eigenvalue weighted by Gasteiger charge is 2.11. The molecule has 0 aliphatic heterocycles. The van der Waals surface area contributed by atoms with Gasteiger partial charge < -0.3 is 20.3 Å². The fraction of sp³-hybridized carbons (Fsp3) is 0.263. The van der Waals surface area contributed by atoms with Crippen LogP contribution in [0.2, 0.25) is 0 Å². The number of carbonyl (C=O) groups excluding carboxylic acids is 2. The van der Waals surface area contributed by atoms with Crippen molar-refractivity contribution >= 4 is 17.6 Å². The van der Waals surface area contributed by atoms with Crippen LogP contribution in [0.5, 0.6) is 5.75 Å². The molecule has 0 aliphatic rings. The molecule has 2 N–H and O–H groups in total. The van der Waals surface area contributed by atoms with Crippen molar-refractivity contribution in [2.45, 2.75) is 13.5 Å². The van der Waals surface area contributed by atoms with Crippen molar-refractivity contribution in [2.75, 3.05) is 26.0 Å². The Kier molecular flexibility index (Phi) is 6.39. The molecule has 3 amide bonds. The highest BCUT2D eigenvalue weighted by Crippen LogP contribution is 2.25. The predicted octanol–water partition coefficient (Wildman–Crippen LogP) is 2.78. The average molecular weight is 341 g/mol. The number of benzene rings is 2. The first-order valence-electron chi connectivity index (χ1n) is 7.98. The third-order valence-corrected chi connectivity index (χ3v) is 3.53. The smallest absolute Gasteiger partial charge is 0.319 e. The van der Waals surface area contributed by atoms with Crippen molar-refractivity contribution in [3.05, 3.63) is 59.7 Å². The summed E-state index contributed by atoms with van der Waals surface area (Å²) in [4.78, 5) is 25.3. The summed E-state index contributed by atoms with van der Waals surface area (Å²) in [6.07, 6.45) is 0. The number of ether oxygens (including phenoxy) is 1. The van der Waals surface area contributed by atoms with Gasteiger partial charge in [0.15, 0.2) is 6.61 Å². The SMILES string of the molecule is Cc1ccc(NC(=O)NCc2ccccc2)c(OCC(=O)N(C)C)c1. The molecule has 2 aromatic carbocycles. The Bertz CT molecular complexity index is 730. The highest BCUT2D eigenvalue weighted by molar-refractivity contribution is 5.91. The lowest BCUT2D eigenvalue weighted by atomic mass is 10.2. The Balaban J connectivity index is 1.98. The van der Waals surface area contributed by atoms with Gasteiger partial charge in [0.05, 0.1) is 5.69 Å². The van der Waals surface area contributed by atoms with E-state index < -0.39 is 0 Å². The molecular weight excluding hydrogens is 318 g/mol. The van der Waals surface area contributed by atoms with Gasteiger partial charge in [0, 0.05) is 20.6 Å². The largest absolute Gasteiger partial charge is 0.482 e. The standard InChI is InChI=1S/C19H23N3O3/c1-14-9-10-16(17(11-14)25-13-18(23)22(2)3)21-19(24)20-12-15-7-5-4-6-8-15/h4-11H,12-13H2,1-3H3,(H2,20,21,24). The van der Waals surface area contributed by atoms with Crippen molar-refractivity contribution in [3.8, 4) is 5.75 Å². The summed E-state index contributed by atoms with van der Waals surface area (Å²) in [6, 6.07) is 14.7. The number of hydrogen-bond donors (Lipinski definition) is 2.